The monoisotopic (exact) mass is 336 g/mol. The molecule has 1 heterocycles. The minimum atomic E-state index is 0.185. The number of halogens is 2. The molecule has 0 bridgehead atoms. The quantitative estimate of drug-likeness (QED) is 0.831. The lowest BCUT2D eigenvalue weighted by Gasteiger charge is -2.33. The van der Waals surface area contributed by atoms with Crippen LogP contribution in [0.25, 0.3) is 0 Å². The predicted octanol–water partition coefficient (Wildman–Crippen LogP) is 4.62. The number of ether oxygens (including phenoxy) is 1. The summed E-state index contributed by atoms with van der Waals surface area (Å²) >= 11 is 12.1. The highest BCUT2D eigenvalue weighted by molar-refractivity contribution is 6.32. The summed E-state index contributed by atoms with van der Waals surface area (Å²) in [7, 11) is 0. The summed E-state index contributed by atoms with van der Waals surface area (Å²) in [6, 6.07) is 13.3. The van der Waals surface area contributed by atoms with E-state index in [1.807, 2.05) is 24.3 Å². The lowest BCUT2D eigenvalue weighted by Crippen LogP contribution is -2.38. The second kappa shape index (κ2) is 6.67. The Bertz CT molecular complexity index is 638. The van der Waals surface area contributed by atoms with Gasteiger partial charge >= 0.3 is 0 Å². The first-order valence-electron chi connectivity index (χ1n) is 7.34. The molecule has 0 atom stereocenters. The van der Waals surface area contributed by atoms with Crippen molar-refractivity contribution < 1.29 is 4.74 Å². The second-order valence-electron chi connectivity index (χ2n) is 5.47. The fraction of sp³-hybridized carbons (Fsp3) is 0.294. The Hall–Kier alpha value is -1.58. The minimum absolute atomic E-state index is 0.185. The van der Waals surface area contributed by atoms with Crippen LogP contribution in [0.2, 0.25) is 10.0 Å². The van der Waals surface area contributed by atoms with Gasteiger partial charge in [-0.1, -0.05) is 23.2 Å². The van der Waals surface area contributed by atoms with Crippen LogP contribution in [0.4, 0.5) is 11.4 Å². The number of nitrogens with zero attached hydrogens (tertiary/aromatic N) is 1. The van der Waals surface area contributed by atoms with Gasteiger partial charge in [0.25, 0.3) is 0 Å². The molecule has 0 saturated carbocycles. The van der Waals surface area contributed by atoms with Crippen molar-refractivity contribution in [3.05, 3.63) is 52.5 Å². The Morgan fingerprint density at radius 1 is 1.00 bits per heavy atom. The topological polar surface area (TPSA) is 38.5 Å². The molecule has 0 aliphatic carbocycles. The molecule has 2 aromatic rings. The van der Waals surface area contributed by atoms with E-state index in [0.717, 1.165) is 31.0 Å². The molecule has 3 rings (SSSR count). The Labute approximate surface area is 140 Å². The first-order valence-corrected chi connectivity index (χ1v) is 8.09. The highest BCUT2D eigenvalue weighted by Crippen LogP contribution is 2.30. The molecule has 0 spiro atoms. The van der Waals surface area contributed by atoms with E-state index in [2.05, 4.69) is 17.0 Å². The van der Waals surface area contributed by atoms with Crippen molar-refractivity contribution in [2.24, 2.45) is 0 Å². The largest absolute Gasteiger partial charge is 0.489 e. The van der Waals surface area contributed by atoms with Gasteiger partial charge in [0.2, 0.25) is 0 Å². The van der Waals surface area contributed by atoms with E-state index in [0.29, 0.717) is 16.5 Å². The fourth-order valence-corrected chi connectivity index (χ4v) is 3.04. The predicted molar refractivity (Wildman–Crippen MR) is 93.2 cm³/mol. The highest BCUT2D eigenvalue weighted by atomic mass is 35.5. The van der Waals surface area contributed by atoms with E-state index in [1.54, 1.807) is 6.07 Å². The molecule has 0 amide bonds. The van der Waals surface area contributed by atoms with Crippen LogP contribution in [-0.4, -0.2) is 19.2 Å². The molecule has 5 heteroatoms. The minimum Gasteiger partial charge on any atom is -0.489 e. The van der Waals surface area contributed by atoms with Gasteiger partial charge in [0.1, 0.15) is 11.9 Å². The molecule has 1 aliphatic rings. The SMILES string of the molecule is Nc1ccc(OC2CCN(c3ccc(Cl)cc3)CC2)c(Cl)c1. The summed E-state index contributed by atoms with van der Waals surface area (Å²) in [5.74, 6) is 0.709. The van der Waals surface area contributed by atoms with Crippen molar-refractivity contribution in [1.82, 2.24) is 0 Å². The van der Waals surface area contributed by atoms with Gasteiger partial charge in [-0.3, -0.25) is 0 Å². The van der Waals surface area contributed by atoms with Crippen LogP contribution in [0.1, 0.15) is 12.8 Å². The number of anilines is 2. The van der Waals surface area contributed by atoms with Crippen molar-refractivity contribution in [1.29, 1.82) is 0 Å². The summed E-state index contributed by atoms with van der Waals surface area (Å²) in [4.78, 5) is 2.35. The molecule has 1 saturated heterocycles. The summed E-state index contributed by atoms with van der Waals surface area (Å²) in [5, 5.41) is 1.33. The average Bonchev–Trinajstić information content (AvgIpc) is 2.52. The summed E-state index contributed by atoms with van der Waals surface area (Å²) in [6.45, 7) is 1.91. The van der Waals surface area contributed by atoms with Gasteiger partial charge in [0, 0.05) is 42.3 Å². The van der Waals surface area contributed by atoms with E-state index in [4.69, 9.17) is 33.7 Å². The number of hydrogen-bond acceptors (Lipinski definition) is 3. The van der Waals surface area contributed by atoms with Crippen molar-refractivity contribution in [2.45, 2.75) is 18.9 Å². The molecule has 2 N–H and O–H groups in total. The number of rotatable bonds is 3. The molecule has 3 nitrogen and oxygen atoms in total. The maximum atomic E-state index is 6.16. The Morgan fingerprint density at radius 2 is 1.68 bits per heavy atom. The number of nitrogen functional groups attached to an aromatic ring is 1. The van der Waals surface area contributed by atoms with E-state index < -0.39 is 0 Å². The maximum Gasteiger partial charge on any atom is 0.138 e. The Kier molecular flexibility index (Phi) is 4.65. The van der Waals surface area contributed by atoms with Gasteiger partial charge in [0.05, 0.1) is 5.02 Å². The zero-order chi connectivity index (χ0) is 15.5. The van der Waals surface area contributed by atoms with E-state index >= 15 is 0 Å². The van der Waals surface area contributed by atoms with Gasteiger partial charge in [-0.15, -0.1) is 0 Å². The molecule has 2 aromatic carbocycles. The number of nitrogens with two attached hydrogens (primary N) is 1. The van der Waals surface area contributed by atoms with Crippen molar-refractivity contribution >= 4 is 34.6 Å². The van der Waals surface area contributed by atoms with Gasteiger partial charge in [-0.25, -0.2) is 0 Å². The summed E-state index contributed by atoms with van der Waals surface area (Å²) in [6.07, 6.45) is 2.11. The number of benzene rings is 2. The van der Waals surface area contributed by atoms with Crippen molar-refractivity contribution in [3.8, 4) is 5.75 Å². The molecule has 0 radical (unpaired) electrons. The van der Waals surface area contributed by atoms with Crippen molar-refractivity contribution in [3.63, 3.8) is 0 Å². The van der Waals surface area contributed by atoms with Crippen LogP contribution in [0.5, 0.6) is 5.75 Å². The summed E-state index contributed by atoms with van der Waals surface area (Å²) in [5.41, 5.74) is 7.55. The standard InChI is InChI=1S/C17H18Cl2N2O/c18-12-1-4-14(5-2-12)21-9-7-15(8-10-21)22-17-6-3-13(20)11-16(17)19/h1-6,11,15H,7-10,20H2. The summed E-state index contributed by atoms with van der Waals surface area (Å²) < 4.78 is 6.01. The van der Waals surface area contributed by atoms with E-state index in [1.165, 1.54) is 5.69 Å². The first-order chi connectivity index (χ1) is 10.6. The zero-order valence-electron chi connectivity index (χ0n) is 12.1. The maximum absolute atomic E-state index is 6.16. The lowest BCUT2D eigenvalue weighted by molar-refractivity contribution is 0.171. The highest BCUT2D eigenvalue weighted by Gasteiger charge is 2.21. The first kappa shape index (κ1) is 15.3. The fourth-order valence-electron chi connectivity index (χ4n) is 2.68. The van der Waals surface area contributed by atoms with Crippen LogP contribution in [0, 0.1) is 0 Å². The molecule has 1 fully saturated rings. The smallest absolute Gasteiger partial charge is 0.138 e. The van der Waals surface area contributed by atoms with Crippen LogP contribution in [-0.2, 0) is 0 Å². The van der Waals surface area contributed by atoms with Gasteiger partial charge < -0.3 is 15.4 Å². The zero-order valence-corrected chi connectivity index (χ0v) is 13.6. The Morgan fingerprint density at radius 3 is 2.32 bits per heavy atom. The molecular weight excluding hydrogens is 319 g/mol. The average molecular weight is 337 g/mol. The molecule has 0 unspecified atom stereocenters. The molecule has 0 aromatic heterocycles. The normalized spacial score (nSPS) is 15.8. The third-order valence-electron chi connectivity index (χ3n) is 3.88. The third kappa shape index (κ3) is 3.60. The molecule has 116 valence electrons. The lowest BCUT2D eigenvalue weighted by atomic mass is 10.1. The van der Waals surface area contributed by atoms with Crippen LogP contribution >= 0.6 is 23.2 Å². The number of piperidine rings is 1. The van der Waals surface area contributed by atoms with Crippen LogP contribution < -0.4 is 15.4 Å². The van der Waals surface area contributed by atoms with Gasteiger partial charge in [-0.05, 0) is 42.5 Å². The van der Waals surface area contributed by atoms with Crippen molar-refractivity contribution in [2.75, 3.05) is 23.7 Å². The van der Waals surface area contributed by atoms with Crippen LogP contribution in [0.3, 0.4) is 0 Å². The second-order valence-corrected chi connectivity index (χ2v) is 6.31. The van der Waals surface area contributed by atoms with E-state index in [9.17, 15) is 0 Å². The Balaban J connectivity index is 1.58. The van der Waals surface area contributed by atoms with Gasteiger partial charge in [-0.2, -0.15) is 0 Å². The number of hydrogen-bond donors (Lipinski definition) is 1. The van der Waals surface area contributed by atoms with Crippen LogP contribution in [0.15, 0.2) is 42.5 Å². The van der Waals surface area contributed by atoms with Gasteiger partial charge in [0.15, 0.2) is 0 Å². The van der Waals surface area contributed by atoms with E-state index in [-0.39, 0.29) is 6.10 Å². The molecule has 22 heavy (non-hydrogen) atoms. The third-order valence-corrected chi connectivity index (χ3v) is 4.43. The molecule has 1 aliphatic heterocycles. The molecular formula is C17H18Cl2N2O.